The van der Waals surface area contributed by atoms with E-state index in [1.165, 1.54) is 19.4 Å². The van der Waals surface area contributed by atoms with Crippen molar-refractivity contribution in [2.24, 2.45) is 5.16 Å². The lowest BCUT2D eigenvalue weighted by atomic mass is 10.2. The largest absolute Gasteiger partial charge is 0.399 e. The molecule has 0 amide bonds. The molecular weight excluding hydrogens is 347 g/mol. The van der Waals surface area contributed by atoms with E-state index in [0.717, 1.165) is 11.8 Å². The highest BCUT2D eigenvalue weighted by Crippen LogP contribution is 2.41. The Bertz CT molecular complexity index is 718. The third-order valence-corrected chi connectivity index (χ3v) is 4.68. The van der Waals surface area contributed by atoms with Gasteiger partial charge in [-0.3, -0.25) is 10.1 Å². The van der Waals surface area contributed by atoms with Gasteiger partial charge in [-0.2, -0.15) is 0 Å². The van der Waals surface area contributed by atoms with Gasteiger partial charge in [-0.25, -0.2) is 0 Å². The van der Waals surface area contributed by atoms with Crippen LogP contribution in [0.4, 0.5) is 5.69 Å². The summed E-state index contributed by atoms with van der Waals surface area (Å²) < 4.78 is 0. The highest BCUT2D eigenvalue weighted by atomic mass is 35.5. The molecule has 0 aliphatic carbocycles. The van der Waals surface area contributed by atoms with Gasteiger partial charge in [0.05, 0.1) is 26.1 Å². The number of nitro groups is 1. The Labute approximate surface area is 141 Å². The maximum absolute atomic E-state index is 11.3. The van der Waals surface area contributed by atoms with Crippen LogP contribution < -0.4 is 0 Å². The van der Waals surface area contributed by atoms with Gasteiger partial charge in [-0.1, -0.05) is 52.3 Å². The van der Waals surface area contributed by atoms with E-state index >= 15 is 0 Å². The molecule has 0 N–H and O–H groups in total. The molecule has 8 heteroatoms. The molecule has 0 saturated carbocycles. The molecule has 0 aromatic heterocycles. The molecule has 2 rings (SSSR count). The van der Waals surface area contributed by atoms with E-state index in [2.05, 4.69) is 9.99 Å². The average molecular weight is 357 g/mol. The molecule has 114 valence electrons. The van der Waals surface area contributed by atoms with Crippen molar-refractivity contribution in [3.05, 3.63) is 62.1 Å². The van der Waals surface area contributed by atoms with Gasteiger partial charge in [0.25, 0.3) is 5.69 Å². The Balaban J connectivity index is 2.42. The van der Waals surface area contributed by atoms with Gasteiger partial charge < -0.3 is 4.84 Å². The Hall–Kier alpha value is -1.76. The summed E-state index contributed by atoms with van der Waals surface area (Å²) in [5.74, 6) is 0. The molecule has 0 spiro atoms. The van der Waals surface area contributed by atoms with Crippen molar-refractivity contribution in [2.45, 2.75) is 9.79 Å². The lowest BCUT2D eigenvalue weighted by Crippen LogP contribution is -1.93. The molecule has 0 atom stereocenters. The van der Waals surface area contributed by atoms with Crippen molar-refractivity contribution in [2.75, 3.05) is 7.11 Å². The lowest BCUT2D eigenvalue weighted by Gasteiger charge is -2.07. The smallest absolute Gasteiger partial charge is 0.283 e. The summed E-state index contributed by atoms with van der Waals surface area (Å²) >= 11 is 13.3. The monoisotopic (exact) mass is 356 g/mol. The minimum absolute atomic E-state index is 0.0546. The molecule has 0 aliphatic heterocycles. The van der Waals surface area contributed by atoms with Gasteiger partial charge in [0, 0.05) is 16.5 Å². The molecule has 0 unspecified atom stereocenters. The van der Waals surface area contributed by atoms with Crippen LogP contribution in [0.1, 0.15) is 5.56 Å². The molecule has 5 nitrogen and oxygen atoms in total. The first kappa shape index (κ1) is 16.6. The number of hydrogen-bond acceptors (Lipinski definition) is 5. The zero-order chi connectivity index (χ0) is 16.1. The van der Waals surface area contributed by atoms with Gasteiger partial charge in [0.2, 0.25) is 0 Å². The fraction of sp³-hybridized carbons (Fsp3) is 0.0714. The van der Waals surface area contributed by atoms with E-state index < -0.39 is 4.92 Å². The molecule has 22 heavy (non-hydrogen) atoms. The Morgan fingerprint density at radius 3 is 2.55 bits per heavy atom. The van der Waals surface area contributed by atoms with Gasteiger partial charge >= 0.3 is 0 Å². The number of halogens is 2. The summed E-state index contributed by atoms with van der Waals surface area (Å²) in [6, 6.07) is 9.81. The molecular formula is C14H10Cl2N2O3S. The second kappa shape index (κ2) is 7.49. The van der Waals surface area contributed by atoms with Gasteiger partial charge in [-0.15, -0.1) is 0 Å². The van der Waals surface area contributed by atoms with Crippen LogP contribution >= 0.6 is 35.0 Å². The van der Waals surface area contributed by atoms with E-state index in [9.17, 15) is 10.1 Å². The van der Waals surface area contributed by atoms with E-state index in [4.69, 9.17) is 23.2 Å². The minimum Gasteiger partial charge on any atom is -0.399 e. The molecule has 0 radical (unpaired) electrons. The van der Waals surface area contributed by atoms with Crippen LogP contribution in [-0.4, -0.2) is 18.2 Å². The number of nitrogens with zero attached hydrogens (tertiary/aromatic N) is 2. The van der Waals surface area contributed by atoms with E-state index in [1.54, 1.807) is 30.3 Å². The minimum atomic E-state index is -0.461. The van der Waals surface area contributed by atoms with Crippen molar-refractivity contribution < 1.29 is 9.76 Å². The van der Waals surface area contributed by atoms with E-state index in [1.807, 2.05) is 0 Å². The zero-order valence-electron chi connectivity index (χ0n) is 11.3. The van der Waals surface area contributed by atoms with E-state index in [-0.39, 0.29) is 5.69 Å². The van der Waals surface area contributed by atoms with Crippen molar-refractivity contribution >= 4 is 46.9 Å². The summed E-state index contributed by atoms with van der Waals surface area (Å²) in [7, 11) is 1.40. The van der Waals surface area contributed by atoms with Gasteiger partial charge in [0.1, 0.15) is 7.11 Å². The highest BCUT2D eigenvalue weighted by molar-refractivity contribution is 7.99. The predicted octanol–water partition coefficient (Wildman–Crippen LogP) is 5.03. The summed E-state index contributed by atoms with van der Waals surface area (Å²) in [6.45, 7) is 0. The molecule has 0 fully saturated rings. The summed E-state index contributed by atoms with van der Waals surface area (Å²) in [5.41, 5.74) is 0.504. The number of hydrogen-bond donors (Lipinski definition) is 0. The van der Waals surface area contributed by atoms with E-state index in [0.29, 0.717) is 25.4 Å². The summed E-state index contributed by atoms with van der Waals surface area (Å²) in [6.07, 6.45) is 1.39. The van der Waals surface area contributed by atoms with Crippen LogP contribution in [0.2, 0.25) is 10.0 Å². The Morgan fingerprint density at radius 1 is 1.27 bits per heavy atom. The summed E-state index contributed by atoms with van der Waals surface area (Å²) in [5, 5.41) is 15.7. The van der Waals surface area contributed by atoms with Crippen molar-refractivity contribution in [3.8, 4) is 0 Å². The van der Waals surface area contributed by atoms with Crippen LogP contribution in [0.3, 0.4) is 0 Å². The molecule has 0 saturated heterocycles. The molecule has 0 bridgehead atoms. The normalized spacial score (nSPS) is 10.9. The second-order valence-electron chi connectivity index (χ2n) is 4.05. The standard InChI is InChI=1S/C14H10Cl2N2O3S/c1-21-17-8-9-5-6-13(12(7-9)18(19)20)22-14-10(15)3-2-4-11(14)16/h2-8H,1H3/b17-8+. The zero-order valence-corrected chi connectivity index (χ0v) is 13.7. The number of benzene rings is 2. The van der Waals surface area contributed by atoms with Gasteiger partial charge in [0.15, 0.2) is 0 Å². The highest BCUT2D eigenvalue weighted by Gasteiger charge is 2.18. The van der Waals surface area contributed by atoms with Crippen LogP contribution in [-0.2, 0) is 4.84 Å². The number of rotatable bonds is 5. The number of oxime groups is 1. The van der Waals surface area contributed by atoms with Crippen molar-refractivity contribution in [1.29, 1.82) is 0 Å². The quantitative estimate of drug-likeness (QED) is 0.428. The fourth-order valence-electron chi connectivity index (χ4n) is 1.65. The van der Waals surface area contributed by atoms with Crippen molar-refractivity contribution in [3.63, 3.8) is 0 Å². The van der Waals surface area contributed by atoms with Crippen LogP contribution in [0.15, 0.2) is 51.3 Å². The van der Waals surface area contributed by atoms with Crippen LogP contribution in [0, 0.1) is 10.1 Å². The Morgan fingerprint density at radius 2 is 1.95 bits per heavy atom. The average Bonchev–Trinajstić information content (AvgIpc) is 2.49. The van der Waals surface area contributed by atoms with Crippen molar-refractivity contribution in [1.82, 2.24) is 0 Å². The Kier molecular flexibility index (Phi) is 5.65. The third-order valence-electron chi connectivity index (χ3n) is 2.62. The van der Waals surface area contributed by atoms with Gasteiger partial charge in [-0.05, 0) is 18.2 Å². The lowest BCUT2D eigenvalue weighted by molar-refractivity contribution is -0.387. The SMILES string of the molecule is CO/N=C/c1ccc(Sc2c(Cl)cccc2Cl)c([N+](=O)[O-])c1. The predicted molar refractivity (Wildman–Crippen MR) is 88.3 cm³/mol. The first-order chi connectivity index (χ1) is 10.5. The maximum Gasteiger partial charge on any atom is 0.283 e. The molecule has 0 heterocycles. The topological polar surface area (TPSA) is 64.7 Å². The summed E-state index contributed by atoms with van der Waals surface area (Å²) in [4.78, 5) is 16.4. The molecule has 2 aromatic carbocycles. The maximum atomic E-state index is 11.3. The number of nitro benzene ring substituents is 1. The van der Waals surface area contributed by atoms with Crippen LogP contribution in [0.5, 0.6) is 0 Å². The first-order valence-corrected chi connectivity index (χ1v) is 7.57. The molecule has 2 aromatic rings. The second-order valence-corrected chi connectivity index (χ2v) is 5.92. The fourth-order valence-corrected chi connectivity index (χ4v) is 3.20. The third kappa shape index (κ3) is 3.91. The van der Waals surface area contributed by atoms with Crippen LogP contribution in [0.25, 0.3) is 0 Å². The first-order valence-electron chi connectivity index (χ1n) is 5.99. The molecule has 0 aliphatic rings.